The molecule has 0 saturated carbocycles. The third kappa shape index (κ3) is 2.56. The number of hydrogen-bond donors (Lipinski definition) is 1. The maximum atomic E-state index is 11.9. The van der Waals surface area contributed by atoms with Gasteiger partial charge in [0.2, 0.25) is 0 Å². The minimum absolute atomic E-state index is 0.0865. The summed E-state index contributed by atoms with van der Waals surface area (Å²) < 4.78 is 1.91. The molecule has 2 aromatic heterocycles. The van der Waals surface area contributed by atoms with E-state index in [0.29, 0.717) is 5.56 Å². The molecule has 0 fully saturated rings. The van der Waals surface area contributed by atoms with E-state index in [9.17, 15) is 4.79 Å². The molecule has 0 saturated heterocycles. The van der Waals surface area contributed by atoms with Gasteiger partial charge in [0.05, 0.1) is 11.9 Å². The molecule has 2 heterocycles. The third-order valence-corrected chi connectivity index (χ3v) is 3.39. The van der Waals surface area contributed by atoms with Crippen molar-refractivity contribution in [2.45, 2.75) is 0 Å². The molecule has 1 amide bonds. The SMILES string of the molecule is O=C(Nc1ccc(-n2ccnc2)cc1)c1ccsc1. The van der Waals surface area contributed by atoms with Crippen LogP contribution >= 0.6 is 11.3 Å². The van der Waals surface area contributed by atoms with Crippen molar-refractivity contribution in [3.05, 3.63) is 65.4 Å². The first kappa shape index (κ1) is 11.7. The number of imidazole rings is 1. The number of carbonyl (C=O) groups is 1. The van der Waals surface area contributed by atoms with Gasteiger partial charge in [0.15, 0.2) is 0 Å². The standard InChI is InChI=1S/C14H11N3OS/c18-14(11-5-8-19-9-11)16-12-1-3-13(4-2-12)17-7-6-15-10-17/h1-10H,(H,16,18). The first-order valence-electron chi connectivity index (χ1n) is 5.75. The summed E-state index contributed by atoms with van der Waals surface area (Å²) in [4.78, 5) is 15.9. The second kappa shape index (κ2) is 5.07. The predicted molar refractivity (Wildman–Crippen MR) is 75.8 cm³/mol. The quantitative estimate of drug-likeness (QED) is 0.793. The van der Waals surface area contributed by atoms with Gasteiger partial charge in [-0.05, 0) is 35.7 Å². The average Bonchev–Trinajstić information content (AvgIpc) is 3.13. The van der Waals surface area contributed by atoms with Crippen molar-refractivity contribution in [3.8, 4) is 5.69 Å². The van der Waals surface area contributed by atoms with Gasteiger partial charge in [0.25, 0.3) is 5.91 Å². The number of thiophene rings is 1. The number of aromatic nitrogens is 2. The van der Waals surface area contributed by atoms with E-state index in [1.165, 1.54) is 11.3 Å². The lowest BCUT2D eigenvalue weighted by molar-refractivity contribution is 0.102. The van der Waals surface area contributed by atoms with E-state index < -0.39 is 0 Å². The van der Waals surface area contributed by atoms with Gasteiger partial charge in [-0.1, -0.05) is 0 Å². The summed E-state index contributed by atoms with van der Waals surface area (Å²) in [5, 5.41) is 6.57. The molecule has 1 aromatic carbocycles. The number of rotatable bonds is 3. The van der Waals surface area contributed by atoms with Crippen LogP contribution in [0.4, 0.5) is 5.69 Å². The van der Waals surface area contributed by atoms with Crippen LogP contribution in [0.5, 0.6) is 0 Å². The third-order valence-electron chi connectivity index (χ3n) is 2.71. The molecule has 0 spiro atoms. The highest BCUT2D eigenvalue weighted by Crippen LogP contribution is 2.15. The van der Waals surface area contributed by atoms with Crippen molar-refractivity contribution in [1.29, 1.82) is 0 Å². The van der Waals surface area contributed by atoms with Crippen LogP contribution in [-0.4, -0.2) is 15.5 Å². The molecule has 94 valence electrons. The minimum Gasteiger partial charge on any atom is -0.322 e. The summed E-state index contributed by atoms with van der Waals surface area (Å²) >= 11 is 1.51. The Morgan fingerprint density at radius 2 is 2.05 bits per heavy atom. The Labute approximate surface area is 114 Å². The summed E-state index contributed by atoms with van der Waals surface area (Å²) in [6.45, 7) is 0. The molecule has 0 aliphatic heterocycles. The Kier molecular flexibility index (Phi) is 3.12. The second-order valence-electron chi connectivity index (χ2n) is 3.98. The van der Waals surface area contributed by atoms with E-state index in [1.54, 1.807) is 18.6 Å². The van der Waals surface area contributed by atoms with Crippen molar-refractivity contribution in [1.82, 2.24) is 9.55 Å². The fourth-order valence-electron chi connectivity index (χ4n) is 1.73. The lowest BCUT2D eigenvalue weighted by atomic mass is 10.2. The molecular formula is C14H11N3OS. The van der Waals surface area contributed by atoms with Crippen LogP contribution in [0.1, 0.15) is 10.4 Å². The van der Waals surface area contributed by atoms with E-state index in [2.05, 4.69) is 10.3 Å². The first-order chi connectivity index (χ1) is 9.33. The Hall–Kier alpha value is -2.40. The average molecular weight is 269 g/mol. The maximum Gasteiger partial charge on any atom is 0.256 e. The van der Waals surface area contributed by atoms with Crippen LogP contribution < -0.4 is 5.32 Å². The number of carbonyl (C=O) groups excluding carboxylic acids is 1. The van der Waals surface area contributed by atoms with Gasteiger partial charge in [-0.2, -0.15) is 11.3 Å². The van der Waals surface area contributed by atoms with Crippen molar-refractivity contribution in [2.24, 2.45) is 0 Å². The topological polar surface area (TPSA) is 46.9 Å². The molecule has 0 radical (unpaired) electrons. The fraction of sp³-hybridized carbons (Fsp3) is 0. The van der Waals surface area contributed by atoms with Gasteiger partial charge in [0, 0.05) is 29.1 Å². The largest absolute Gasteiger partial charge is 0.322 e. The van der Waals surface area contributed by atoms with Gasteiger partial charge in [-0.25, -0.2) is 4.98 Å². The molecule has 0 atom stereocenters. The molecule has 0 unspecified atom stereocenters. The Balaban J connectivity index is 1.75. The van der Waals surface area contributed by atoms with E-state index in [1.807, 2.05) is 45.8 Å². The molecule has 0 aliphatic rings. The predicted octanol–water partition coefficient (Wildman–Crippen LogP) is 3.19. The van der Waals surface area contributed by atoms with Crippen LogP contribution in [0.3, 0.4) is 0 Å². The Morgan fingerprint density at radius 3 is 2.68 bits per heavy atom. The highest BCUT2D eigenvalue weighted by molar-refractivity contribution is 7.08. The van der Waals surface area contributed by atoms with E-state index in [0.717, 1.165) is 11.4 Å². The van der Waals surface area contributed by atoms with Gasteiger partial charge in [-0.15, -0.1) is 0 Å². The number of nitrogens with zero attached hydrogens (tertiary/aromatic N) is 2. The summed E-state index contributed by atoms with van der Waals surface area (Å²) in [6, 6.07) is 9.43. The molecule has 4 nitrogen and oxygen atoms in total. The zero-order chi connectivity index (χ0) is 13.1. The van der Waals surface area contributed by atoms with Gasteiger partial charge >= 0.3 is 0 Å². The molecule has 3 aromatic rings. The van der Waals surface area contributed by atoms with Gasteiger partial charge in [0.1, 0.15) is 0 Å². The summed E-state index contributed by atoms with van der Waals surface area (Å²) in [7, 11) is 0. The van der Waals surface area contributed by atoms with Crippen LogP contribution in [0.2, 0.25) is 0 Å². The van der Waals surface area contributed by atoms with Crippen molar-refractivity contribution >= 4 is 22.9 Å². The second-order valence-corrected chi connectivity index (χ2v) is 4.76. The zero-order valence-electron chi connectivity index (χ0n) is 9.98. The summed E-state index contributed by atoms with van der Waals surface area (Å²) in [5.74, 6) is -0.0865. The van der Waals surface area contributed by atoms with Crippen LogP contribution in [0.15, 0.2) is 59.8 Å². The van der Waals surface area contributed by atoms with Gasteiger partial charge in [-0.3, -0.25) is 4.79 Å². The molecular weight excluding hydrogens is 258 g/mol. The molecule has 3 rings (SSSR count). The summed E-state index contributed by atoms with van der Waals surface area (Å²) in [6.07, 6.45) is 5.34. The highest BCUT2D eigenvalue weighted by atomic mass is 32.1. The minimum atomic E-state index is -0.0865. The molecule has 5 heteroatoms. The summed E-state index contributed by atoms with van der Waals surface area (Å²) in [5.41, 5.74) is 2.47. The maximum absolute atomic E-state index is 11.9. The number of benzene rings is 1. The van der Waals surface area contributed by atoms with Crippen LogP contribution in [0.25, 0.3) is 5.69 Å². The van der Waals surface area contributed by atoms with E-state index >= 15 is 0 Å². The number of amides is 1. The van der Waals surface area contributed by atoms with Crippen molar-refractivity contribution < 1.29 is 4.79 Å². The fourth-order valence-corrected chi connectivity index (χ4v) is 2.36. The highest BCUT2D eigenvalue weighted by Gasteiger charge is 2.06. The van der Waals surface area contributed by atoms with Crippen molar-refractivity contribution in [3.63, 3.8) is 0 Å². The Bertz CT molecular complexity index is 657. The molecule has 0 bridgehead atoms. The smallest absolute Gasteiger partial charge is 0.256 e. The molecule has 0 aliphatic carbocycles. The van der Waals surface area contributed by atoms with Crippen molar-refractivity contribution in [2.75, 3.05) is 5.32 Å². The monoisotopic (exact) mass is 269 g/mol. The zero-order valence-corrected chi connectivity index (χ0v) is 10.8. The number of nitrogens with one attached hydrogen (secondary N) is 1. The lowest BCUT2D eigenvalue weighted by Crippen LogP contribution is -2.10. The number of anilines is 1. The van der Waals surface area contributed by atoms with Crippen LogP contribution in [-0.2, 0) is 0 Å². The van der Waals surface area contributed by atoms with E-state index in [4.69, 9.17) is 0 Å². The van der Waals surface area contributed by atoms with Gasteiger partial charge < -0.3 is 9.88 Å². The molecule has 19 heavy (non-hydrogen) atoms. The van der Waals surface area contributed by atoms with Crippen LogP contribution in [0, 0.1) is 0 Å². The Morgan fingerprint density at radius 1 is 1.21 bits per heavy atom. The lowest BCUT2D eigenvalue weighted by Gasteiger charge is -2.06. The van der Waals surface area contributed by atoms with E-state index in [-0.39, 0.29) is 5.91 Å². The number of hydrogen-bond acceptors (Lipinski definition) is 3. The normalized spacial score (nSPS) is 10.3. The molecule has 1 N–H and O–H groups in total. The first-order valence-corrected chi connectivity index (χ1v) is 6.69.